The Morgan fingerprint density at radius 3 is 2.54 bits per heavy atom. The van der Waals surface area contributed by atoms with Crippen LogP contribution in [-0.4, -0.2) is 17.4 Å². The topological polar surface area (TPSA) is 54.0 Å². The summed E-state index contributed by atoms with van der Waals surface area (Å²) >= 11 is 0. The molecule has 0 radical (unpaired) electrons. The van der Waals surface area contributed by atoms with Gasteiger partial charge in [0.1, 0.15) is 0 Å². The average molecular weight is 374 g/mol. The summed E-state index contributed by atoms with van der Waals surface area (Å²) in [5.74, 6) is 0.0153. The molecule has 28 heavy (non-hydrogen) atoms. The number of benzene rings is 2. The van der Waals surface area contributed by atoms with Crippen molar-refractivity contribution in [3.63, 3.8) is 0 Å². The van der Waals surface area contributed by atoms with Crippen molar-refractivity contribution in [3.05, 3.63) is 89.6 Å². The fourth-order valence-corrected chi connectivity index (χ4v) is 3.12. The van der Waals surface area contributed by atoms with E-state index in [2.05, 4.69) is 71.1 Å². The normalized spacial score (nSPS) is 11.8. The molecule has 0 aliphatic carbocycles. The number of hydrogen-bond donors (Lipinski definition) is 2. The standard InChI is InChI=1S/C24H27N3O/c1-18(22-11-9-20(10-12-22)13-15-25-19(2)28)27-17-21-6-5-7-23(16-21)24-8-3-4-14-26-24/h3-12,14,16,18,27H,13,15,17H2,1-2H3,(H,25,28). The highest BCUT2D eigenvalue weighted by molar-refractivity contribution is 5.72. The monoisotopic (exact) mass is 373 g/mol. The van der Waals surface area contributed by atoms with Gasteiger partial charge in [0.05, 0.1) is 5.69 Å². The van der Waals surface area contributed by atoms with Crippen LogP contribution in [0.5, 0.6) is 0 Å². The van der Waals surface area contributed by atoms with E-state index in [0.717, 1.165) is 24.2 Å². The van der Waals surface area contributed by atoms with Crippen molar-refractivity contribution < 1.29 is 4.79 Å². The van der Waals surface area contributed by atoms with Crippen LogP contribution >= 0.6 is 0 Å². The number of aromatic nitrogens is 1. The first-order valence-corrected chi connectivity index (χ1v) is 9.69. The van der Waals surface area contributed by atoms with Crippen LogP contribution in [0.25, 0.3) is 11.3 Å². The van der Waals surface area contributed by atoms with E-state index in [1.807, 2.05) is 24.4 Å². The molecule has 1 atom stereocenters. The van der Waals surface area contributed by atoms with Gasteiger partial charge in [0, 0.05) is 37.8 Å². The van der Waals surface area contributed by atoms with Gasteiger partial charge in [-0.2, -0.15) is 0 Å². The van der Waals surface area contributed by atoms with Crippen molar-refractivity contribution >= 4 is 5.91 Å². The second kappa shape index (κ2) is 9.81. The van der Waals surface area contributed by atoms with Crippen LogP contribution in [-0.2, 0) is 17.8 Å². The molecule has 0 fully saturated rings. The number of nitrogens with one attached hydrogen (secondary N) is 2. The summed E-state index contributed by atoms with van der Waals surface area (Å²) < 4.78 is 0. The number of nitrogens with zero attached hydrogens (tertiary/aromatic N) is 1. The molecule has 1 aromatic heterocycles. The first-order valence-electron chi connectivity index (χ1n) is 9.69. The lowest BCUT2D eigenvalue weighted by atomic mass is 10.0. The Morgan fingerprint density at radius 2 is 1.82 bits per heavy atom. The molecule has 0 aliphatic rings. The summed E-state index contributed by atoms with van der Waals surface area (Å²) in [4.78, 5) is 15.4. The molecular formula is C24H27N3O. The Labute approximate surface area is 167 Å². The quantitative estimate of drug-likeness (QED) is 0.620. The summed E-state index contributed by atoms with van der Waals surface area (Å²) in [5.41, 5.74) is 5.85. The van der Waals surface area contributed by atoms with Gasteiger partial charge in [-0.25, -0.2) is 0 Å². The number of hydrogen-bond acceptors (Lipinski definition) is 3. The summed E-state index contributed by atoms with van der Waals surface area (Å²) in [6, 6.07) is 23.3. The third-order valence-corrected chi connectivity index (χ3v) is 4.77. The third kappa shape index (κ3) is 5.76. The fourth-order valence-electron chi connectivity index (χ4n) is 3.12. The van der Waals surface area contributed by atoms with E-state index >= 15 is 0 Å². The summed E-state index contributed by atoms with van der Waals surface area (Å²) in [6.07, 6.45) is 2.67. The minimum atomic E-state index is 0.0153. The Kier molecular flexibility index (Phi) is 6.93. The summed E-state index contributed by atoms with van der Waals surface area (Å²) in [5, 5.41) is 6.42. The maximum atomic E-state index is 10.9. The molecule has 1 amide bonds. The Bertz CT molecular complexity index is 891. The van der Waals surface area contributed by atoms with Crippen molar-refractivity contribution in [3.8, 4) is 11.3 Å². The number of carbonyl (C=O) groups is 1. The molecule has 0 aliphatic heterocycles. The molecule has 0 saturated carbocycles. The second-order valence-electron chi connectivity index (χ2n) is 6.99. The van der Waals surface area contributed by atoms with E-state index in [9.17, 15) is 4.79 Å². The van der Waals surface area contributed by atoms with Gasteiger partial charge >= 0.3 is 0 Å². The van der Waals surface area contributed by atoms with Gasteiger partial charge in [-0.1, -0.05) is 48.5 Å². The summed E-state index contributed by atoms with van der Waals surface area (Å²) in [7, 11) is 0. The van der Waals surface area contributed by atoms with Gasteiger partial charge in [-0.3, -0.25) is 9.78 Å². The van der Waals surface area contributed by atoms with Crippen LogP contribution in [0.2, 0.25) is 0 Å². The van der Waals surface area contributed by atoms with Crippen molar-refractivity contribution in [2.75, 3.05) is 6.54 Å². The highest BCUT2D eigenvalue weighted by Gasteiger charge is 2.06. The van der Waals surface area contributed by atoms with Gasteiger partial charge in [-0.05, 0) is 48.2 Å². The predicted octanol–water partition coefficient (Wildman–Crippen LogP) is 4.28. The van der Waals surface area contributed by atoms with Gasteiger partial charge < -0.3 is 10.6 Å². The molecule has 4 nitrogen and oxygen atoms in total. The molecule has 0 saturated heterocycles. The molecule has 0 spiro atoms. The number of carbonyl (C=O) groups excluding carboxylic acids is 1. The van der Waals surface area contributed by atoms with E-state index in [4.69, 9.17) is 0 Å². The van der Waals surface area contributed by atoms with Gasteiger partial charge in [0.2, 0.25) is 5.91 Å². The lowest BCUT2D eigenvalue weighted by molar-refractivity contribution is -0.118. The van der Waals surface area contributed by atoms with Crippen LogP contribution in [0.1, 0.15) is 36.6 Å². The van der Waals surface area contributed by atoms with Crippen molar-refractivity contribution in [2.45, 2.75) is 32.9 Å². The van der Waals surface area contributed by atoms with Crippen molar-refractivity contribution in [1.29, 1.82) is 0 Å². The maximum Gasteiger partial charge on any atom is 0.216 e. The van der Waals surface area contributed by atoms with Crippen LogP contribution in [0.15, 0.2) is 72.9 Å². The molecule has 3 rings (SSSR count). The van der Waals surface area contributed by atoms with Crippen LogP contribution in [0.3, 0.4) is 0 Å². The van der Waals surface area contributed by atoms with Gasteiger partial charge in [0.15, 0.2) is 0 Å². The molecular weight excluding hydrogens is 346 g/mol. The molecule has 144 valence electrons. The zero-order valence-corrected chi connectivity index (χ0v) is 16.5. The Morgan fingerprint density at radius 1 is 1.00 bits per heavy atom. The minimum absolute atomic E-state index is 0.0153. The first kappa shape index (κ1) is 19.8. The average Bonchev–Trinajstić information content (AvgIpc) is 2.73. The lowest BCUT2D eigenvalue weighted by Crippen LogP contribution is -2.22. The van der Waals surface area contributed by atoms with Gasteiger partial charge in [0.25, 0.3) is 0 Å². The molecule has 4 heteroatoms. The molecule has 2 aromatic carbocycles. The molecule has 0 bridgehead atoms. The SMILES string of the molecule is CC(=O)NCCc1ccc(C(C)NCc2cccc(-c3ccccn3)c2)cc1. The smallest absolute Gasteiger partial charge is 0.216 e. The largest absolute Gasteiger partial charge is 0.356 e. The first-order chi connectivity index (χ1) is 13.6. The van der Waals surface area contributed by atoms with E-state index in [1.54, 1.807) is 6.92 Å². The zero-order valence-electron chi connectivity index (χ0n) is 16.5. The number of pyridine rings is 1. The highest BCUT2D eigenvalue weighted by atomic mass is 16.1. The fraction of sp³-hybridized carbons (Fsp3) is 0.250. The van der Waals surface area contributed by atoms with Crippen LogP contribution in [0.4, 0.5) is 0 Å². The third-order valence-electron chi connectivity index (χ3n) is 4.77. The predicted molar refractivity (Wildman–Crippen MR) is 114 cm³/mol. The van der Waals surface area contributed by atoms with Crippen LogP contribution < -0.4 is 10.6 Å². The van der Waals surface area contributed by atoms with Crippen molar-refractivity contribution in [2.24, 2.45) is 0 Å². The Hall–Kier alpha value is -2.98. The number of amides is 1. The van der Waals surface area contributed by atoms with E-state index in [1.165, 1.54) is 16.7 Å². The maximum absolute atomic E-state index is 10.9. The zero-order chi connectivity index (χ0) is 19.8. The molecule has 2 N–H and O–H groups in total. The molecule has 1 unspecified atom stereocenters. The van der Waals surface area contributed by atoms with E-state index < -0.39 is 0 Å². The molecule has 1 heterocycles. The van der Waals surface area contributed by atoms with E-state index in [0.29, 0.717) is 6.54 Å². The van der Waals surface area contributed by atoms with Crippen molar-refractivity contribution in [1.82, 2.24) is 15.6 Å². The van der Waals surface area contributed by atoms with Gasteiger partial charge in [-0.15, -0.1) is 0 Å². The second-order valence-corrected chi connectivity index (χ2v) is 6.99. The Balaban J connectivity index is 1.55. The van der Waals surface area contributed by atoms with E-state index in [-0.39, 0.29) is 11.9 Å². The highest BCUT2D eigenvalue weighted by Crippen LogP contribution is 2.19. The number of rotatable bonds is 8. The van der Waals surface area contributed by atoms with Crippen LogP contribution in [0, 0.1) is 0 Å². The minimum Gasteiger partial charge on any atom is -0.356 e. The molecule has 3 aromatic rings. The summed E-state index contributed by atoms with van der Waals surface area (Å²) in [6.45, 7) is 5.19. The lowest BCUT2D eigenvalue weighted by Gasteiger charge is -2.15.